The number of ether oxygens (including phenoxy) is 2. The van der Waals surface area contributed by atoms with Gasteiger partial charge in [0.05, 0.1) is 7.11 Å². The van der Waals surface area contributed by atoms with E-state index in [1.54, 1.807) is 7.11 Å². The van der Waals surface area contributed by atoms with Gasteiger partial charge in [0, 0.05) is 25.0 Å². The molecule has 204 valence electrons. The molecule has 0 aromatic heterocycles. The highest BCUT2D eigenvalue weighted by atomic mass is 16.5. The standard InChI is InChI=1S/C33H44N2O3/c1-5-6-7-9-13-26(2)22-29-19-20-30(34-33(36)38-25-28-14-10-8-11-15-28)23-32(29)35(3)24-27-16-12-17-31(37-4)21-18-27/h8,10-12,14-15,17-21,23,26H,5-7,9,13,16,22,24-25H2,1-4H3,(H,34,36). The third-order valence-corrected chi connectivity index (χ3v) is 6.90. The fourth-order valence-corrected chi connectivity index (χ4v) is 4.74. The van der Waals surface area contributed by atoms with Gasteiger partial charge in [-0.25, -0.2) is 4.79 Å². The second-order valence-electron chi connectivity index (χ2n) is 10.2. The molecule has 3 rings (SSSR count). The van der Waals surface area contributed by atoms with E-state index in [0.29, 0.717) is 5.92 Å². The summed E-state index contributed by atoms with van der Waals surface area (Å²) in [5.74, 6) is 1.46. The largest absolute Gasteiger partial charge is 0.497 e. The summed E-state index contributed by atoms with van der Waals surface area (Å²) in [5.41, 5.74) is 5.44. The second-order valence-corrected chi connectivity index (χ2v) is 10.2. The van der Waals surface area contributed by atoms with Crippen LogP contribution in [-0.2, 0) is 22.5 Å². The summed E-state index contributed by atoms with van der Waals surface area (Å²) < 4.78 is 10.8. The van der Waals surface area contributed by atoms with Crippen LogP contribution in [0.25, 0.3) is 0 Å². The fourth-order valence-electron chi connectivity index (χ4n) is 4.74. The number of rotatable bonds is 14. The number of nitrogens with one attached hydrogen (secondary N) is 1. The normalized spacial score (nSPS) is 13.7. The second kappa shape index (κ2) is 15.7. The first-order chi connectivity index (χ1) is 18.5. The van der Waals surface area contributed by atoms with Crippen LogP contribution in [-0.4, -0.2) is 26.8 Å². The maximum absolute atomic E-state index is 12.5. The molecule has 5 heteroatoms. The van der Waals surface area contributed by atoms with Crippen LogP contribution in [0.2, 0.25) is 0 Å². The third-order valence-electron chi connectivity index (χ3n) is 6.90. The molecule has 0 heterocycles. The minimum absolute atomic E-state index is 0.242. The first-order valence-corrected chi connectivity index (χ1v) is 13.9. The molecule has 5 nitrogen and oxygen atoms in total. The predicted molar refractivity (Wildman–Crippen MR) is 159 cm³/mol. The van der Waals surface area contributed by atoms with Crippen molar-refractivity contribution in [2.24, 2.45) is 5.92 Å². The van der Waals surface area contributed by atoms with Gasteiger partial charge in [-0.2, -0.15) is 0 Å². The zero-order valence-electron chi connectivity index (χ0n) is 23.5. The minimum atomic E-state index is -0.451. The molecule has 1 unspecified atom stereocenters. The minimum Gasteiger partial charge on any atom is -0.497 e. The van der Waals surface area contributed by atoms with E-state index >= 15 is 0 Å². The van der Waals surface area contributed by atoms with E-state index in [1.165, 1.54) is 43.2 Å². The Kier molecular flexibility index (Phi) is 12.0. The molecule has 1 aliphatic carbocycles. The molecule has 0 saturated heterocycles. The molecule has 0 saturated carbocycles. The molecule has 1 aliphatic rings. The summed E-state index contributed by atoms with van der Waals surface area (Å²) in [4.78, 5) is 14.8. The van der Waals surface area contributed by atoms with Crippen LogP contribution in [0, 0.1) is 5.92 Å². The summed E-state index contributed by atoms with van der Waals surface area (Å²) in [6.45, 7) is 5.63. The Hall–Kier alpha value is -3.47. The predicted octanol–water partition coefficient (Wildman–Crippen LogP) is 8.44. The number of carbonyl (C=O) groups excluding carboxylic acids is 1. The van der Waals surface area contributed by atoms with Crippen LogP contribution < -0.4 is 10.2 Å². The number of allylic oxidation sites excluding steroid dienone is 4. The van der Waals surface area contributed by atoms with Gasteiger partial charge in [0.25, 0.3) is 0 Å². The highest BCUT2D eigenvalue weighted by molar-refractivity contribution is 5.85. The molecular weight excluding hydrogens is 472 g/mol. The number of carbonyl (C=O) groups is 1. The van der Waals surface area contributed by atoms with Gasteiger partial charge in [0.2, 0.25) is 0 Å². The zero-order valence-corrected chi connectivity index (χ0v) is 23.5. The molecule has 0 spiro atoms. The van der Waals surface area contributed by atoms with Crippen molar-refractivity contribution in [2.45, 2.75) is 65.4 Å². The van der Waals surface area contributed by atoms with Crippen molar-refractivity contribution in [3.8, 4) is 0 Å². The van der Waals surface area contributed by atoms with Crippen LogP contribution in [0.15, 0.2) is 84.2 Å². The molecule has 0 fully saturated rings. The third kappa shape index (κ3) is 9.77. The van der Waals surface area contributed by atoms with Gasteiger partial charge in [0.15, 0.2) is 0 Å². The average molecular weight is 517 g/mol. The van der Waals surface area contributed by atoms with Crippen molar-refractivity contribution in [3.05, 3.63) is 95.3 Å². The van der Waals surface area contributed by atoms with Gasteiger partial charge in [-0.1, -0.05) is 94.5 Å². The Labute approximate surface area is 229 Å². The lowest BCUT2D eigenvalue weighted by Gasteiger charge is -2.26. The molecule has 1 amide bonds. The van der Waals surface area contributed by atoms with E-state index < -0.39 is 6.09 Å². The number of hydrogen-bond acceptors (Lipinski definition) is 4. The highest BCUT2D eigenvalue weighted by Crippen LogP contribution is 2.29. The average Bonchev–Trinajstić information content (AvgIpc) is 3.16. The van der Waals surface area contributed by atoms with E-state index in [9.17, 15) is 4.79 Å². The zero-order chi connectivity index (χ0) is 27.2. The Balaban J connectivity index is 1.72. The van der Waals surface area contributed by atoms with Crippen molar-refractivity contribution in [1.29, 1.82) is 0 Å². The Morgan fingerprint density at radius 3 is 2.66 bits per heavy atom. The molecular formula is C33H44N2O3. The van der Waals surface area contributed by atoms with E-state index in [1.807, 2.05) is 48.6 Å². The van der Waals surface area contributed by atoms with E-state index in [4.69, 9.17) is 9.47 Å². The van der Waals surface area contributed by atoms with Crippen LogP contribution in [0.3, 0.4) is 0 Å². The van der Waals surface area contributed by atoms with Crippen molar-refractivity contribution in [2.75, 3.05) is 30.9 Å². The maximum Gasteiger partial charge on any atom is 0.411 e. The van der Waals surface area contributed by atoms with E-state index in [2.05, 4.69) is 55.4 Å². The summed E-state index contributed by atoms with van der Waals surface area (Å²) in [5, 5.41) is 2.92. The lowest BCUT2D eigenvalue weighted by molar-refractivity contribution is 0.155. The quantitative estimate of drug-likeness (QED) is 0.256. The fraction of sp³-hybridized carbons (Fsp3) is 0.424. The smallest absolute Gasteiger partial charge is 0.411 e. The van der Waals surface area contributed by atoms with E-state index in [-0.39, 0.29) is 6.61 Å². The molecule has 0 aliphatic heterocycles. The van der Waals surface area contributed by atoms with Gasteiger partial charge in [-0.05, 0) is 59.7 Å². The van der Waals surface area contributed by atoms with E-state index in [0.717, 1.165) is 42.1 Å². The van der Waals surface area contributed by atoms with Crippen LogP contribution in [0.1, 0.15) is 63.5 Å². The topological polar surface area (TPSA) is 50.8 Å². The van der Waals surface area contributed by atoms with Gasteiger partial charge in [0.1, 0.15) is 12.4 Å². The first-order valence-electron chi connectivity index (χ1n) is 13.9. The SMILES string of the molecule is CCCCCCC(C)Cc1ccc(NC(=O)OCc2ccccc2)cc1N(C)CC1=CC=C(OC)C=CC1. The lowest BCUT2D eigenvalue weighted by Crippen LogP contribution is -2.22. The van der Waals surface area contributed by atoms with Gasteiger partial charge >= 0.3 is 6.09 Å². The van der Waals surface area contributed by atoms with Crippen molar-refractivity contribution in [3.63, 3.8) is 0 Å². The lowest BCUT2D eigenvalue weighted by atomic mass is 9.93. The molecule has 2 aromatic rings. The van der Waals surface area contributed by atoms with Crippen LogP contribution in [0.5, 0.6) is 0 Å². The monoisotopic (exact) mass is 516 g/mol. The molecule has 1 N–H and O–H groups in total. The van der Waals surface area contributed by atoms with Crippen molar-refractivity contribution >= 4 is 17.5 Å². The van der Waals surface area contributed by atoms with Gasteiger partial charge in [-0.3, -0.25) is 5.32 Å². The molecule has 2 aromatic carbocycles. The van der Waals surface area contributed by atoms with Crippen molar-refractivity contribution < 1.29 is 14.3 Å². The van der Waals surface area contributed by atoms with Crippen LogP contribution in [0.4, 0.5) is 16.2 Å². The molecule has 38 heavy (non-hydrogen) atoms. The highest BCUT2D eigenvalue weighted by Gasteiger charge is 2.15. The number of hydrogen-bond donors (Lipinski definition) is 1. The number of unbranched alkanes of at least 4 members (excludes halogenated alkanes) is 3. The number of nitrogens with zero attached hydrogens (tertiary/aromatic N) is 1. The molecule has 0 radical (unpaired) electrons. The number of anilines is 2. The summed E-state index contributed by atoms with van der Waals surface area (Å²) in [6, 6.07) is 15.9. The molecule has 0 bridgehead atoms. The number of benzene rings is 2. The Morgan fingerprint density at radius 1 is 1.08 bits per heavy atom. The number of amides is 1. The van der Waals surface area contributed by atoms with Crippen LogP contribution >= 0.6 is 0 Å². The Bertz CT molecular complexity index is 1100. The number of methoxy groups -OCH3 is 1. The summed E-state index contributed by atoms with van der Waals surface area (Å²) in [7, 11) is 3.82. The molecule has 1 atom stereocenters. The van der Waals surface area contributed by atoms with Gasteiger partial charge in [-0.15, -0.1) is 0 Å². The van der Waals surface area contributed by atoms with Gasteiger partial charge < -0.3 is 14.4 Å². The summed E-state index contributed by atoms with van der Waals surface area (Å²) in [6.07, 6.45) is 16.1. The maximum atomic E-state index is 12.5. The Morgan fingerprint density at radius 2 is 1.89 bits per heavy atom. The van der Waals surface area contributed by atoms with Crippen molar-refractivity contribution in [1.82, 2.24) is 0 Å². The first kappa shape index (κ1) is 29.1. The summed E-state index contributed by atoms with van der Waals surface area (Å²) >= 11 is 0. The number of likely N-dealkylation sites (N-methyl/N-ethyl adjacent to an activating group) is 1.